The molecule has 0 saturated carbocycles. The molecule has 0 aromatic carbocycles. The minimum atomic E-state index is 1.73. The summed E-state index contributed by atoms with van der Waals surface area (Å²) in [6.07, 6.45) is 15.6. The van der Waals surface area contributed by atoms with Crippen molar-refractivity contribution in [3.8, 4) is 0 Å². The van der Waals surface area contributed by atoms with E-state index in [1.54, 1.807) is 12.2 Å². The summed E-state index contributed by atoms with van der Waals surface area (Å²) < 4.78 is 0. The van der Waals surface area contributed by atoms with Crippen molar-refractivity contribution >= 4 is 0 Å². The van der Waals surface area contributed by atoms with Crippen LogP contribution in [0.3, 0.4) is 0 Å². The van der Waals surface area contributed by atoms with Crippen LogP contribution in [0, 0.1) is 6.08 Å². The van der Waals surface area contributed by atoms with Gasteiger partial charge < -0.3 is 0 Å². The first-order valence-electron chi connectivity index (χ1n) is 3.05. The first-order valence-corrected chi connectivity index (χ1v) is 3.05. The van der Waals surface area contributed by atoms with Crippen LogP contribution < -0.4 is 0 Å². The van der Waals surface area contributed by atoms with Crippen molar-refractivity contribution in [3.63, 3.8) is 0 Å². The average molecular weight is 131 g/mol. The van der Waals surface area contributed by atoms with Gasteiger partial charge in [0, 0.05) is 0 Å². The Morgan fingerprint density at radius 2 is 1.50 bits per heavy atom. The van der Waals surface area contributed by atoms with Gasteiger partial charge in [-0.1, -0.05) is 55.7 Å². The predicted octanol–water partition coefficient (Wildman–Crippen LogP) is 2.83. The molecule has 51 valence electrons. The summed E-state index contributed by atoms with van der Waals surface area (Å²) in [7, 11) is 0. The SMILES string of the molecule is C=[C]/C=C/C=C/C=C/C=C. The van der Waals surface area contributed by atoms with Gasteiger partial charge in [0.15, 0.2) is 0 Å². The maximum Gasteiger partial charge on any atom is -0.0262 e. The van der Waals surface area contributed by atoms with Crippen molar-refractivity contribution in [3.05, 3.63) is 61.8 Å². The second-order valence-electron chi connectivity index (χ2n) is 1.57. The Morgan fingerprint density at radius 3 is 2.10 bits per heavy atom. The number of hydrogen-bond donors (Lipinski definition) is 0. The molecule has 0 aromatic heterocycles. The number of rotatable bonds is 4. The minimum absolute atomic E-state index is 1.73. The van der Waals surface area contributed by atoms with E-state index >= 15 is 0 Å². The van der Waals surface area contributed by atoms with Crippen LogP contribution in [0.5, 0.6) is 0 Å². The van der Waals surface area contributed by atoms with E-state index in [1.165, 1.54) is 0 Å². The van der Waals surface area contributed by atoms with Gasteiger partial charge >= 0.3 is 0 Å². The van der Waals surface area contributed by atoms with Gasteiger partial charge in [-0.15, -0.1) is 0 Å². The van der Waals surface area contributed by atoms with Gasteiger partial charge in [-0.25, -0.2) is 0 Å². The smallest absolute Gasteiger partial charge is 0.0262 e. The monoisotopic (exact) mass is 131 g/mol. The molecule has 0 atom stereocenters. The molecule has 0 aliphatic heterocycles. The van der Waals surface area contributed by atoms with Gasteiger partial charge in [0.1, 0.15) is 0 Å². The van der Waals surface area contributed by atoms with Crippen LogP contribution in [0.4, 0.5) is 0 Å². The molecule has 0 rings (SSSR count). The molecule has 0 aromatic rings. The van der Waals surface area contributed by atoms with Gasteiger partial charge in [-0.3, -0.25) is 0 Å². The molecule has 0 aliphatic rings. The van der Waals surface area contributed by atoms with Crippen molar-refractivity contribution in [1.82, 2.24) is 0 Å². The highest BCUT2D eigenvalue weighted by Gasteiger charge is 1.58. The summed E-state index contributed by atoms with van der Waals surface area (Å²) in [6.45, 7) is 6.95. The van der Waals surface area contributed by atoms with E-state index in [9.17, 15) is 0 Å². The summed E-state index contributed by atoms with van der Waals surface area (Å²) in [5.74, 6) is 0. The molecule has 0 unspecified atom stereocenters. The zero-order chi connectivity index (χ0) is 7.66. The Balaban J connectivity index is 3.55. The highest BCUT2D eigenvalue weighted by atomic mass is 13.7. The third-order valence-corrected chi connectivity index (χ3v) is 0.795. The Bertz CT molecular complexity index is 148. The first-order chi connectivity index (χ1) is 4.91. The predicted molar refractivity (Wildman–Crippen MR) is 46.5 cm³/mol. The summed E-state index contributed by atoms with van der Waals surface area (Å²) >= 11 is 0. The lowest BCUT2D eigenvalue weighted by molar-refractivity contribution is 1.85. The van der Waals surface area contributed by atoms with E-state index in [-0.39, 0.29) is 0 Å². The lowest BCUT2D eigenvalue weighted by atomic mass is 10.4. The summed E-state index contributed by atoms with van der Waals surface area (Å²) in [6, 6.07) is 0. The maximum absolute atomic E-state index is 3.53. The zero-order valence-electron chi connectivity index (χ0n) is 5.96. The van der Waals surface area contributed by atoms with Crippen LogP contribution in [-0.2, 0) is 0 Å². The molecule has 0 spiro atoms. The number of hydrogen-bond acceptors (Lipinski definition) is 0. The van der Waals surface area contributed by atoms with E-state index in [0.717, 1.165) is 0 Å². The summed E-state index contributed by atoms with van der Waals surface area (Å²) in [4.78, 5) is 0. The fourth-order valence-corrected chi connectivity index (χ4v) is 0.395. The van der Waals surface area contributed by atoms with Gasteiger partial charge in [-0.05, 0) is 6.08 Å². The van der Waals surface area contributed by atoms with E-state index in [0.29, 0.717) is 0 Å². The van der Waals surface area contributed by atoms with Gasteiger partial charge in [0.05, 0.1) is 0 Å². The molecule has 10 heavy (non-hydrogen) atoms. The summed E-state index contributed by atoms with van der Waals surface area (Å²) in [5.41, 5.74) is 0. The zero-order valence-corrected chi connectivity index (χ0v) is 5.96. The molecule has 0 heterocycles. The van der Waals surface area contributed by atoms with E-state index in [4.69, 9.17) is 0 Å². The molecule has 0 bridgehead atoms. The third-order valence-electron chi connectivity index (χ3n) is 0.795. The summed E-state index contributed by atoms with van der Waals surface area (Å²) in [5, 5.41) is 0. The van der Waals surface area contributed by atoms with E-state index < -0.39 is 0 Å². The van der Waals surface area contributed by atoms with E-state index in [2.05, 4.69) is 19.2 Å². The van der Waals surface area contributed by atoms with E-state index in [1.807, 2.05) is 30.4 Å². The van der Waals surface area contributed by atoms with Crippen LogP contribution in [0.1, 0.15) is 0 Å². The van der Waals surface area contributed by atoms with Gasteiger partial charge in [0.2, 0.25) is 0 Å². The van der Waals surface area contributed by atoms with Crippen molar-refractivity contribution in [1.29, 1.82) is 0 Å². The van der Waals surface area contributed by atoms with Crippen LogP contribution in [0.15, 0.2) is 55.7 Å². The van der Waals surface area contributed by atoms with Crippen molar-refractivity contribution < 1.29 is 0 Å². The molecule has 1 radical (unpaired) electrons. The topological polar surface area (TPSA) is 0 Å². The lowest BCUT2D eigenvalue weighted by Gasteiger charge is -1.70. The Kier molecular flexibility index (Phi) is 6.70. The Hall–Kier alpha value is -1.30. The highest BCUT2D eigenvalue weighted by Crippen LogP contribution is 1.79. The molecule has 0 saturated heterocycles. The molecule has 0 amide bonds. The minimum Gasteiger partial charge on any atom is -0.0991 e. The van der Waals surface area contributed by atoms with Gasteiger partial charge in [-0.2, -0.15) is 0 Å². The number of allylic oxidation sites excluding steroid dienone is 8. The second kappa shape index (κ2) is 7.70. The standard InChI is InChI=1S/C10H11/c1-3-5-7-9-10-8-6-4-2/h3,5-10H,1-2H2/b7-5+,8-6+,10-9+. The Morgan fingerprint density at radius 1 is 0.900 bits per heavy atom. The maximum atomic E-state index is 3.53. The average Bonchev–Trinajstić information content (AvgIpc) is 1.97. The van der Waals surface area contributed by atoms with Crippen molar-refractivity contribution in [2.75, 3.05) is 0 Å². The van der Waals surface area contributed by atoms with Crippen LogP contribution >= 0.6 is 0 Å². The van der Waals surface area contributed by atoms with Crippen molar-refractivity contribution in [2.45, 2.75) is 0 Å². The first kappa shape index (κ1) is 8.70. The lowest BCUT2D eigenvalue weighted by Crippen LogP contribution is -1.49. The molecule has 0 aliphatic carbocycles. The molecule has 0 N–H and O–H groups in total. The Labute approximate surface area is 62.6 Å². The highest BCUT2D eigenvalue weighted by molar-refractivity contribution is 5.15. The van der Waals surface area contributed by atoms with Crippen LogP contribution in [0.2, 0.25) is 0 Å². The fraction of sp³-hybridized carbons (Fsp3) is 0. The largest absolute Gasteiger partial charge is 0.0991 e. The quantitative estimate of drug-likeness (QED) is 0.515. The van der Waals surface area contributed by atoms with Crippen LogP contribution in [0.25, 0.3) is 0 Å². The fourth-order valence-electron chi connectivity index (χ4n) is 0.395. The third kappa shape index (κ3) is 6.70. The normalized spacial score (nSPS) is 11.6. The van der Waals surface area contributed by atoms with Gasteiger partial charge in [0.25, 0.3) is 0 Å². The molecule has 0 fully saturated rings. The molecule has 0 heteroatoms. The molecular weight excluding hydrogens is 120 g/mol. The molecule has 0 nitrogen and oxygen atoms in total. The second-order valence-corrected chi connectivity index (χ2v) is 1.57. The van der Waals surface area contributed by atoms with Crippen molar-refractivity contribution in [2.24, 2.45) is 0 Å². The molecular formula is C10H11. The van der Waals surface area contributed by atoms with Crippen LogP contribution in [-0.4, -0.2) is 0 Å².